The Kier molecular flexibility index (Phi) is 2.38. The molecule has 3 atom stereocenters. The summed E-state index contributed by atoms with van der Waals surface area (Å²) in [5.74, 6) is 3.44. The van der Waals surface area contributed by atoms with E-state index in [1.54, 1.807) is 0 Å². The van der Waals surface area contributed by atoms with Gasteiger partial charge in [-0.2, -0.15) is 0 Å². The number of alkyl halides is 1. The zero-order valence-electron chi connectivity index (χ0n) is 6.76. The predicted molar refractivity (Wildman–Crippen MR) is 45.9 cm³/mol. The van der Waals surface area contributed by atoms with Gasteiger partial charge in [-0.1, -0.05) is 0 Å². The number of ether oxygens (including phenoxy) is 1. The second-order valence-electron chi connectivity index (χ2n) is 3.79. The lowest BCUT2D eigenvalue weighted by molar-refractivity contribution is 0.0449. The summed E-state index contributed by atoms with van der Waals surface area (Å²) in [5, 5.41) is 0. The second kappa shape index (κ2) is 3.32. The molecule has 2 aliphatic rings. The molecule has 2 rings (SSSR count). The van der Waals surface area contributed by atoms with Crippen LogP contribution in [0.15, 0.2) is 0 Å². The van der Waals surface area contributed by atoms with Gasteiger partial charge < -0.3 is 4.74 Å². The van der Waals surface area contributed by atoms with Crippen LogP contribution >= 0.6 is 11.6 Å². The van der Waals surface area contributed by atoms with Gasteiger partial charge >= 0.3 is 0 Å². The van der Waals surface area contributed by atoms with Gasteiger partial charge in [0.25, 0.3) is 0 Å². The van der Waals surface area contributed by atoms with Gasteiger partial charge in [0.15, 0.2) is 0 Å². The molecule has 11 heavy (non-hydrogen) atoms. The minimum atomic E-state index is 0.823. The third kappa shape index (κ3) is 1.70. The summed E-state index contributed by atoms with van der Waals surface area (Å²) < 4.78 is 5.43. The Morgan fingerprint density at radius 2 is 2.36 bits per heavy atom. The molecule has 2 heteroatoms. The standard InChI is InChI=1S/C9H15ClO/c10-5-8-4-9(8)7-2-1-3-11-6-7/h7-9H,1-6H2. The minimum Gasteiger partial charge on any atom is -0.381 e. The van der Waals surface area contributed by atoms with Crippen LogP contribution in [-0.2, 0) is 4.74 Å². The van der Waals surface area contributed by atoms with Crippen molar-refractivity contribution in [2.24, 2.45) is 17.8 Å². The lowest BCUT2D eigenvalue weighted by Gasteiger charge is -2.21. The molecule has 1 saturated heterocycles. The van der Waals surface area contributed by atoms with E-state index in [4.69, 9.17) is 16.3 Å². The van der Waals surface area contributed by atoms with E-state index in [2.05, 4.69) is 0 Å². The van der Waals surface area contributed by atoms with E-state index in [0.717, 1.165) is 36.8 Å². The average molecular weight is 175 g/mol. The fourth-order valence-electron chi connectivity index (χ4n) is 2.13. The molecule has 1 aliphatic carbocycles. The van der Waals surface area contributed by atoms with Crippen LogP contribution in [-0.4, -0.2) is 19.1 Å². The van der Waals surface area contributed by atoms with E-state index >= 15 is 0 Å². The van der Waals surface area contributed by atoms with Crippen LogP contribution in [0.4, 0.5) is 0 Å². The lowest BCUT2D eigenvalue weighted by atomic mass is 9.96. The first-order valence-electron chi connectivity index (χ1n) is 4.55. The average Bonchev–Trinajstić information content (AvgIpc) is 2.85. The van der Waals surface area contributed by atoms with Crippen LogP contribution in [0.2, 0.25) is 0 Å². The Hall–Kier alpha value is 0.250. The van der Waals surface area contributed by atoms with Crippen molar-refractivity contribution in [1.29, 1.82) is 0 Å². The van der Waals surface area contributed by atoms with Gasteiger partial charge in [0.1, 0.15) is 0 Å². The van der Waals surface area contributed by atoms with Crippen molar-refractivity contribution >= 4 is 11.6 Å². The van der Waals surface area contributed by atoms with Crippen LogP contribution in [0.3, 0.4) is 0 Å². The smallest absolute Gasteiger partial charge is 0.0497 e. The molecule has 3 unspecified atom stereocenters. The van der Waals surface area contributed by atoms with Crippen LogP contribution in [0.25, 0.3) is 0 Å². The highest BCUT2D eigenvalue weighted by Gasteiger charge is 2.42. The molecule has 1 aliphatic heterocycles. The van der Waals surface area contributed by atoms with E-state index in [1.165, 1.54) is 19.3 Å². The van der Waals surface area contributed by atoms with Crippen molar-refractivity contribution in [3.63, 3.8) is 0 Å². The van der Waals surface area contributed by atoms with Gasteiger partial charge in [-0.3, -0.25) is 0 Å². The molecule has 0 bridgehead atoms. The van der Waals surface area contributed by atoms with Gasteiger partial charge in [0.05, 0.1) is 0 Å². The first-order chi connectivity index (χ1) is 5.42. The molecule has 1 heterocycles. The van der Waals surface area contributed by atoms with Crippen LogP contribution in [0.1, 0.15) is 19.3 Å². The number of hydrogen-bond acceptors (Lipinski definition) is 1. The van der Waals surface area contributed by atoms with Gasteiger partial charge in [-0.05, 0) is 37.0 Å². The first kappa shape index (κ1) is 7.88. The third-order valence-electron chi connectivity index (χ3n) is 2.98. The molecule has 2 fully saturated rings. The highest BCUT2D eigenvalue weighted by molar-refractivity contribution is 6.18. The van der Waals surface area contributed by atoms with E-state index in [1.807, 2.05) is 0 Å². The summed E-state index contributed by atoms with van der Waals surface area (Å²) >= 11 is 5.77. The highest BCUT2D eigenvalue weighted by Crippen LogP contribution is 2.47. The van der Waals surface area contributed by atoms with Gasteiger partial charge in [-0.15, -0.1) is 11.6 Å². The zero-order valence-corrected chi connectivity index (χ0v) is 7.52. The molecule has 0 aromatic carbocycles. The van der Waals surface area contributed by atoms with Crippen LogP contribution in [0.5, 0.6) is 0 Å². The fourth-order valence-corrected chi connectivity index (χ4v) is 2.48. The Labute approximate surface area is 73.1 Å². The summed E-state index contributed by atoms with van der Waals surface area (Å²) in [6.07, 6.45) is 3.99. The Morgan fingerprint density at radius 1 is 1.45 bits per heavy atom. The largest absolute Gasteiger partial charge is 0.381 e. The Balaban J connectivity index is 1.77. The van der Waals surface area contributed by atoms with Crippen molar-refractivity contribution in [3.05, 3.63) is 0 Å². The molecule has 0 aromatic heterocycles. The van der Waals surface area contributed by atoms with E-state index < -0.39 is 0 Å². The van der Waals surface area contributed by atoms with Crippen molar-refractivity contribution in [2.75, 3.05) is 19.1 Å². The zero-order chi connectivity index (χ0) is 7.68. The highest BCUT2D eigenvalue weighted by atomic mass is 35.5. The SMILES string of the molecule is ClCC1CC1C1CCCOC1. The fraction of sp³-hybridized carbons (Fsp3) is 1.00. The maximum absolute atomic E-state index is 5.77. The molecule has 0 radical (unpaired) electrons. The normalized spacial score (nSPS) is 43.9. The summed E-state index contributed by atoms with van der Waals surface area (Å²) in [6, 6.07) is 0. The predicted octanol–water partition coefficient (Wildman–Crippen LogP) is 2.29. The second-order valence-corrected chi connectivity index (χ2v) is 4.10. The monoisotopic (exact) mass is 174 g/mol. The topological polar surface area (TPSA) is 9.23 Å². The van der Waals surface area contributed by atoms with E-state index in [9.17, 15) is 0 Å². The molecular formula is C9H15ClO. The van der Waals surface area contributed by atoms with Crippen molar-refractivity contribution in [3.8, 4) is 0 Å². The summed E-state index contributed by atoms with van der Waals surface area (Å²) in [6.45, 7) is 1.98. The van der Waals surface area contributed by atoms with Gasteiger partial charge in [-0.25, -0.2) is 0 Å². The molecule has 0 aromatic rings. The number of hydrogen-bond donors (Lipinski definition) is 0. The lowest BCUT2D eigenvalue weighted by Crippen LogP contribution is -2.19. The Morgan fingerprint density at radius 3 is 2.91 bits per heavy atom. The minimum absolute atomic E-state index is 0.823. The van der Waals surface area contributed by atoms with Crippen molar-refractivity contribution < 1.29 is 4.74 Å². The van der Waals surface area contributed by atoms with Gasteiger partial charge in [0.2, 0.25) is 0 Å². The number of rotatable bonds is 2. The van der Waals surface area contributed by atoms with E-state index in [-0.39, 0.29) is 0 Å². The van der Waals surface area contributed by atoms with Crippen molar-refractivity contribution in [1.82, 2.24) is 0 Å². The maximum Gasteiger partial charge on any atom is 0.0497 e. The maximum atomic E-state index is 5.77. The molecule has 0 amide bonds. The third-order valence-corrected chi connectivity index (χ3v) is 3.37. The molecular weight excluding hydrogens is 160 g/mol. The van der Waals surface area contributed by atoms with Crippen LogP contribution < -0.4 is 0 Å². The molecule has 1 nitrogen and oxygen atoms in total. The van der Waals surface area contributed by atoms with Crippen molar-refractivity contribution in [2.45, 2.75) is 19.3 Å². The quantitative estimate of drug-likeness (QED) is 0.584. The molecule has 1 saturated carbocycles. The van der Waals surface area contributed by atoms with Crippen LogP contribution in [0, 0.1) is 17.8 Å². The Bertz CT molecular complexity index is 132. The summed E-state index contributed by atoms with van der Waals surface area (Å²) in [7, 11) is 0. The first-order valence-corrected chi connectivity index (χ1v) is 5.09. The summed E-state index contributed by atoms with van der Waals surface area (Å²) in [5.41, 5.74) is 0. The summed E-state index contributed by atoms with van der Waals surface area (Å²) in [4.78, 5) is 0. The van der Waals surface area contributed by atoms with E-state index in [0.29, 0.717) is 0 Å². The molecule has 0 N–H and O–H groups in total. The van der Waals surface area contributed by atoms with Gasteiger partial charge in [0, 0.05) is 19.1 Å². The molecule has 0 spiro atoms. The number of halogens is 1. The molecule has 64 valence electrons.